The SMILES string of the molecule is C[C@H](Nc1ncc2c(C3CCN(CC4CCCCC4)CC3)cn([C@H]3CC[C@H](O)CC3)c2n1)c1ccccc1. The van der Waals surface area contributed by atoms with Crippen LogP contribution in [0.15, 0.2) is 42.7 Å². The molecule has 0 unspecified atom stereocenters. The highest BCUT2D eigenvalue weighted by Gasteiger charge is 2.29. The lowest BCUT2D eigenvalue weighted by atomic mass is 9.86. The minimum Gasteiger partial charge on any atom is -0.393 e. The third-order valence-electron chi connectivity index (χ3n) is 9.58. The molecule has 2 saturated carbocycles. The molecule has 0 radical (unpaired) electrons. The number of hydrogen-bond donors (Lipinski definition) is 2. The number of fused-ring (bicyclic) bond motifs is 1. The van der Waals surface area contributed by atoms with Gasteiger partial charge in [0.1, 0.15) is 5.65 Å². The number of likely N-dealkylation sites (tertiary alicyclic amines) is 1. The molecule has 6 nitrogen and oxygen atoms in total. The molecule has 6 rings (SSSR count). The fourth-order valence-electron chi connectivity index (χ4n) is 7.24. The Hall–Kier alpha value is -2.44. The second-order valence-electron chi connectivity index (χ2n) is 12.2. The van der Waals surface area contributed by atoms with E-state index in [0.29, 0.717) is 17.9 Å². The van der Waals surface area contributed by atoms with Gasteiger partial charge < -0.3 is 19.9 Å². The smallest absolute Gasteiger partial charge is 0.225 e. The van der Waals surface area contributed by atoms with Gasteiger partial charge >= 0.3 is 0 Å². The zero-order valence-electron chi connectivity index (χ0n) is 23.1. The van der Waals surface area contributed by atoms with Crippen LogP contribution in [-0.4, -0.2) is 50.3 Å². The summed E-state index contributed by atoms with van der Waals surface area (Å²) in [4.78, 5) is 12.6. The van der Waals surface area contributed by atoms with Crippen LogP contribution < -0.4 is 5.32 Å². The van der Waals surface area contributed by atoms with E-state index in [0.717, 1.165) is 37.2 Å². The Bertz CT molecular complexity index is 1170. The standard InChI is InChI=1S/C32H45N5O/c1-23(25-10-6-3-7-11-25)34-32-33-20-29-30(22-37(31(29)35-32)27-12-14-28(38)15-13-27)26-16-18-36(19-17-26)21-24-8-4-2-5-9-24/h3,6-7,10-11,20,22-24,26-28,38H,2,4-5,8-9,12-19,21H2,1H3,(H,33,34,35)/t23-,27-,28-/m0/s1. The van der Waals surface area contributed by atoms with Gasteiger partial charge in [-0.1, -0.05) is 49.6 Å². The fourth-order valence-corrected chi connectivity index (χ4v) is 7.24. The van der Waals surface area contributed by atoms with Crippen LogP contribution in [0.5, 0.6) is 0 Å². The first-order valence-electron chi connectivity index (χ1n) is 15.2. The highest BCUT2D eigenvalue weighted by molar-refractivity contribution is 5.81. The minimum absolute atomic E-state index is 0.134. The normalized spacial score (nSPS) is 25.0. The summed E-state index contributed by atoms with van der Waals surface area (Å²) in [7, 11) is 0. The summed E-state index contributed by atoms with van der Waals surface area (Å²) in [6.07, 6.45) is 17.7. The average Bonchev–Trinajstić information content (AvgIpc) is 3.34. The number of nitrogens with zero attached hydrogens (tertiary/aromatic N) is 4. The average molecular weight is 516 g/mol. The van der Waals surface area contributed by atoms with Crippen molar-refractivity contribution in [2.24, 2.45) is 5.92 Å². The Kier molecular flexibility index (Phi) is 7.98. The van der Waals surface area contributed by atoms with E-state index in [9.17, 15) is 5.11 Å². The van der Waals surface area contributed by atoms with E-state index in [1.807, 2.05) is 0 Å². The highest BCUT2D eigenvalue weighted by Crippen LogP contribution is 2.39. The zero-order valence-corrected chi connectivity index (χ0v) is 23.1. The lowest BCUT2D eigenvalue weighted by Gasteiger charge is -2.35. The quantitative estimate of drug-likeness (QED) is 0.361. The third-order valence-corrected chi connectivity index (χ3v) is 9.58. The molecule has 0 amide bonds. The molecule has 1 saturated heterocycles. The monoisotopic (exact) mass is 515 g/mol. The van der Waals surface area contributed by atoms with Crippen molar-refractivity contribution in [1.29, 1.82) is 0 Å². The Balaban J connectivity index is 1.22. The summed E-state index contributed by atoms with van der Waals surface area (Å²) in [5, 5.41) is 14.9. The van der Waals surface area contributed by atoms with Crippen molar-refractivity contribution >= 4 is 17.0 Å². The molecule has 1 atom stereocenters. The van der Waals surface area contributed by atoms with Crippen LogP contribution in [0.4, 0.5) is 5.95 Å². The van der Waals surface area contributed by atoms with E-state index in [2.05, 4.69) is 64.4 Å². The Morgan fingerprint density at radius 3 is 2.42 bits per heavy atom. The van der Waals surface area contributed by atoms with Gasteiger partial charge in [0, 0.05) is 30.4 Å². The maximum atomic E-state index is 10.1. The number of aliphatic hydroxyl groups excluding tert-OH is 1. The Morgan fingerprint density at radius 1 is 0.947 bits per heavy atom. The van der Waals surface area contributed by atoms with Crippen LogP contribution in [0.25, 0.3) is 11.0 Å². The van der Waals surface area contributed by atoms with Crippen molar-refractivity contribution in [3.63, 3.8) is 0 Å². The second-order valence-corrected chi connectivity index (χ2v) is 12.2. The van der Waals surface area contributed by atoms with E-state index < -0.39 is 0 Å². The van der Waals surface area contributed by atoms with Gasteiger partial charge in [0.2, 0.25) is 5.95 Å². The van der Waals surface area contributed by atoms with E-state index in [4.69, 9.17) is 9.97 Å². The second kappa shape index (κ2) is 11.7. The molecular weight excluding hydrogens is 470 g/mol. The van der Waals surface area contributed by atoms with Crippen LogP contribution in [0.2, 0.25) is 0 Å². The van der Waals surface area contributed by atoms with Gasteiger partial charge in [-0.2, -0.15) is 4.98 Å². The zero-order chi connectivity index (χ0) is 25.9. The molecule has 1 aliphatic heterocycles. The largest absolute Gasteiger partial charge is 0.393 e. The van der Waals surface area contributed by atoms with Crippen molar-refractivity contribution in [2.45, 2.75) is 102 Å². The van der Waals surface area contributed by atoms with Crippen LogP contribution in [-0.2, 0) is 0 Å². The molecule has 1 aromatic carbocycles. The number of hydrogen-bond acceptors (Lipinski definition) is 5. The van der Waals surface area contributed by atoms with Crippen molar-refractivity contribution in [3.05, 3.63) is 53.9 Å². The summed E-state index contributed by atoms with van der Waals surface area (Å²) in [5.41, 5.74) is 3.73. The molecule has 204 valence electrons. The molecule has 2 N–H and O–H groups in total. The number of aromatic nitrogens is 3. The molecule has 2 aliphatic carbocycles. The number of aliphatic hydroxyl groups is 1. The van der Waals surface area contributed by atoms with Crippen molar-refractivity contribution in [1.82, 2.24) is 19.4 Å². The number of nitrogens with one attached hydrogen (secondary N) is 1. The Morgan fingerprint density at radius 2 is 1.68 bits per heavy atom. The van der Waals surface area contributed by atoms with Crippen LogP contribution in [0.3, 0.4) is 0 Å². The van der Waals surface area contributed by atoms with Gasteiger partial charge in [-0.25, -0.2) is 4.98 Å². The van der Waals surface area contributed by atoms with Gasteiger partial charge in [-0.3, -0.25) is 0 Å². The number of rotatable bonds is 7. The van der Waals surface area contributed by atoms with E-state index in [1.165, 1.54) is 81.1 Å². The molecular formula is C32H45N5O. The lowest BCUT2D eigenvalue weighted by Crippen LogP contribution is -2.37. The molecule has 2 aromatic heterocycles. The van der Waals surface area contributed by atoms with E-state index >= 15 is 0 Å². The summed E-state index contributed by atoms with van der Waals surface area (Å²) in [6.45, 7) is 5.88. The first-order valence-corrected chi connectivity index (χ1v) is 15.2. The van der Waals surface area contributed by atoms with Gasteiger partial charge in [-0.15, -0.1) is 0 Å². The molecule has 0 spiro atoms. The van der Waals surface area contributed by atoms with Crippen LogP contribution in [0.1, 0.15) is 107 Å². The molecule has 3 heterocycles. The number of anilines is 1. The highest BCUT2D eigenvalue weighted by atomic mass is 16.3. The molecule has 6 heteroatoms. The van der Waals surface area contributed by atoms with Crippen molar-refractivity contribution < 1.29 is 5.11 Å². The molecule has 38 heavy (non-hydrogen) atoms. The van der Waals surface area contributed by atoms with Gasteiger partial charge in [0.05, 0.1) is 12.1 Å². The summed E-state index contributed by atoms with van der Waals surface area (Å²) in [6, 6.07) is 11.0. The molecule has 3 aromatic rings. The first kappa shape index (κ1) is 25.8. The molecule has 3 fully saturated rings. The van der Waals surface area contributed by atoms with Crippen molar-refractivity contribution in [3.8, 4) is 0 Å². The van der Waals surface area contributed by atoms with Gasteiger partial charge in [-0.05, 0) is 94.3 Å². The van der Waals surface area contributed by atoms with Crippen LogP contribution >= 0.6 is 0 Å². The summed E-state index contributed by atoms with van der Waals surface area (Å²) >= 11 is 0. The van der Waals surface area contributed by atoms with E-state index in [1.54, 1.807) is 0 Å². The van der Waals surface area contributed by atoms with Gasteiger partial charge in [0.25, 0.3) is 0 Å². The maximum absolute atomic E-state index is 10.1. The van der Waals surface area contributed by atoms with Crippen molar-refractivity contribution in [2.75, 3.05) is 25.0 Å². The Labute approximate surface area is 227 Å². The van der Waals surface area contributed by atoms with Gasteiger partial charge in [0.15, 0.2) is 0 Å². The number of benzene rings is 1. The van der Waals surface area contributed by atoms with Crippen LogP contribution in [0, 0.1) is 5.92 Å². The summed E-state index contributed by atoms with van der Waals surface area (Å²) < 4.78 is 2.44. The minimum atomic E-state index is -0.153. The summed E-state index contributed by atoms with van der Waals surface area (Å²) in [5.74, 6) is 2.18. The molecule has 0 bridgehead atoms. The lowest BCUT2D eigenvalue weighted by molar-refractivity contribution is 0.111. The maximum Gasteiger partial charge on any atom is 0.225 e. The molecule has 3 aliphatic rings. The predicted molar refractivity (Wildman–Crippen MR) is 155 cm³/mol. The fraction of sp³-hybridized carbons (Fsp3) is 0.625. The van der Waals surface area contributed by atoms with E-state index in [-0.39, 0.29) is 12.1 Å². The number of piperidine rings is 1. The first-order chi connectivity index (χ1) is 18.6. The predicted octanol–water partition coefficient (Wildman–Crippen LogP) is 6.84. The topological polar surface area (TPSA) is 66.2 Å². The third kappa shape index (κ3) is 5.76.